The molecule has 5 heteroatoms. The first-order valence-electron chi connectivity index (χ1n) is 6.58. The Morgan fingerprint density at radius 1 is 1.38 bits per heavy atom. The molecule has 2 heterocycles. The van der Waals surface area contributed by atoms with Crippen LogP contribution >= 0.6 is 23.1 Å². The molecule has 2 aromatic rings. The number of thiophene rings is 1. The normalized spacial score (nSPS) is 15.0. The minimum atomic E-state index is -1.07. The Balaban J connectivity index is 1.95. The average Bonchev–Trinajstić information content (AvgIpc) is 2.93. The number of nitrogens with zero attached hydrogens (tertiary/aromatic N) is 1. The van der Waals surface area contributed by atoms with Crippen molar-refractivity contribution in [2.75, 3.05) is 5.75 Å². The van der Waals surface area contributed by atoms with Gasteiger partial charge >= 0.3 is 0 Å². The maximum absolute atomic E-state index is 13.8. The lowest BCUT2D eigenvalue weighted by atomic mass is 9.94. The number of aryl methyl sites for hydroxylation is 1. The molecule has 0 N–H and O–H groups in total. The highest BCUT2D eigenvalue weighted by Crippen LogP contribution is 2.34. The number of fused-ring (bicyclic) bond motifs is 1. The second kappa shape index (κ2) is 6.00. The Bertz CT molecular complexity index is 709. The zero-order valence-corrected chi connectivity index (χ0v) is 12.8. The number of nitriles is 1. The fraction of sp³-hybridized carbons (Fsp3) is 0.250. The van der Waals surface area contributed by atoms with E-state index in [0.717, 1.165) is 17.9 Å². The highest BCUT2D eigenvalue weighted by Gasteiger charge is 2.27. The summed E-state index contributed by atoms with van der Waals surface area (Å²) in [5.74, 6) is 0.104. The molecule has 2 nitrogen and oxygen atoms in total. The van der Waals surface area contributed by atoms with Crippen LogP contribution in [0.2, 0.25) is 0 Å². The van der Waals surface area contributed by atoms with Crippen molar-refractivity contribution in [3.8, 4) is 6.07 Å². The number of halogens is 1. The molecule has 0 amide bonds. The first kappa shape index (κ1) is 14.3. The number of carbonyl (C=O) groups is 1. The van der Waals surface area contributed by atoms with Crippen molar-refractivity contribution in [3.63, 3.8) is 0 Å². The molecule has 0 spiro atoms. The van der Waals surface area contributed by atoms with Gasteiger partial charge in [-0.05, 0) is 29.9 Å². The number of rotatable bonds is 3. The molecule has 106 valence electrons. The van der Waals surface area contributed by atoms with Crippen molar-refractivity contribution < 1.29 is 9.18 Å². The highest BCUT2D eigenvalue weighted by molar-refractivity contribution is 7.98. The van der Waals surface area contributed by atoms with Crippen LogP contribution in [0.25, 0.3) is 0 Å². The maximum atomic E-state index is 13.8. The van der Waals surface area contributed by atoms with Gasteiger partial charge in [-0.3, -0.25) is 4.79 Å². The van der Waals surface area contributed by atoms with E-state index in [2.05, 4.69) is 0 Å². The van der Waals surface area contributed by atoms with Gasteiger partial charge in [0.25, 0.3) is 0 Å². The zero-order chi connectivity index (χ0) is 14.8. The van der Waals surface area contributed by atoms with E-state index in [0.29, 0.717) is 4.88 Å². The van der Waals surface area contributed by atoms with Gasteiger partial charge in [0.15, 0.2) is 5.78 Å². The number of hydrogen-bond donors (Lipinski definition) is 0. The minimum absolute atomic E-state index is 0.158. The summed E-state index contributed by atoms with van der Waals surface area (Å²) >= 11 is 3.30. The minimum Gasteiger partial charge on any atom is -0.291 e. The Morgan fingerprint density at radius 2 is 2.19 bits per heavy atom. The number of carbonyl (C=O) groups excluding carboxylic acids is 1. The number of benzene rings is 1. The molecule has 1 atom stereocenters. The summed E-state index contributed by atoms with van der Waals surface area (Å²) in [5.41, 5.74) is 1.34. The van der Waals surface area contributed by atoms with Crippen molar-refractivity contribution in [1.82, 2.24) is 0 Å². The molecule has 0 radical (unpaired) electrons. The Morgan fingerprint density at radius 3 is 2.90 bits per heavy atom. The summed E-state index contributed by atoms with van der Waals surface area (Å²) in [6.45, 7) is 0. The molecule has 3 rings (SSSR count). The van der Waals surface area contributed by atoms with Crippen LogP contribution in [0.4, 0.5) is 4.39 Å². The van der Waals surface area contributed by atoms with Crippen LogP contribution in [0.5, 0.6) is 0 Å². The van der Waals surface area contributed by atoms with Crippen LogP contribution < -0.4 is 0 Å². The molecule has 1 aliphatic rings. The van der Waals surface area contributed by atoms with E-state index in [1.807, 2.05) is 23.9 Å². The largest absolute Gasteiger partial charge is 0.291 e. The second-order valence-corrected chi connectivity index (χ2v) is 7.05. The molecule has 1 aromatic heterocycles. The van der Waals surface area contributed by atoms with Gasteiger partial charge in [0, 0.05) is 16.2 Å². The summed E-state index contributed by atoms with van der Waals surface area (Å²) in [7, 11) is 0. The SMILES string of the molecule is N#CC(C(=O)c1cc2c(s1)CCSC2)c1ccccc1F. The topological polar surface area (TPSA) is 40.9 Å². The van der Waals surface area contributed by atoms with E-state index in [4.69, 9.17) is 0 Å². The molecule has 1 unspecified atom stereocenters. The van der Waals surface area contributed by atoms with Gasteiger partial charge < -0.3 is 0 Å². The Kier molecular flexibility index (Phi) is 4.09. The number of hydrogen-bond acceptors (Lipinski definition) is 4. The summed E-state index contributed by atoms with van der Waals surface area (Å²) in [6, 6.07) is 9.81. The van der Waals surface area contributed by atoms with E-state index in [9.17, 15) is 14.4 Å². The van der Waals surface area contributed by atoms with Crippen molar-refractivity contribution in [3.05, 3.63) is 57.0 Å². The second-order valence-electron chi connectivity index (χ2n) is 4.81. The first-order valence-corrected chi connectivity index (χ1v) is 8.55. The van der Waals surface area contributed by atoms with Gasteiger partial charge in [0.2, 0.25) is 0 Å². The smallest absolute Gasteiger partial charge is 0.194 e. The number of thioether (sulfide) groups is 1. The van der Waals surface area contributed by atoms with Crippen molar-refractivity contribution in [2.45, 2.75) is 18.1 Å². The third-order valence-corrected chi connectivity index (χ3v) is 5.74. The molecule has 1 aliphatic heterocycles. The molecule has 0 fully saturated rings. The van der Waals surface area contributed by atoms with Crippen LogP contribution in [0.3, 0.4) is 0 Å². The van der Waals surface area contributed by atoms with Crippen molar-refractivity contribution in [1.29, 1.82) is 5.26 Å². The summed E-state index contributed by atoms with van der Waals surface area (Å²) in [5, 5.41) is 9.30. The lowest BCUT2D eigenvalue weighted by Crippen LogP contribution is -2.11. The lowest BCUT2D eigenvalue weighted by molar-refractivity contribution is 0.0981. The predicted molar refractivity (Wildman–Crippen MR) is 83.3 cm³/mol. The van der Waals surface area contributed by atoms with E-state index in [-0.39, 0.29) is 11.3 Å². The van der Waals surface area contributed by atoms with E-state index in [1.165, 1.54) is 33.9 Å². The summed E-state index contributed by atoms with van der Waals surface area (Å²) in [4.78, 5) is 14.4. The summed E-state index contributed by atoms with van der Waals surface area (Å²) < 4.78 is 13.8. The lowest BCUT2D eigenvalue weighted by Gasteiger charge is -2.08. The van der Waals surface area contributed by atoms with Gasteiger partial charge in [-0.1, -0.05) is 18.2 Å². The third kappa shape index (κ3) is 2.74. The standard InChI is InChI=1S/C16H12FNOS2/c17-13-4-2-1-3-11(13)12(8-18)16(19)15-7-10-9-20-6-5-14(10)21-15/h1-4,7,12H,5-6,9H2. The van der Waals surface area contributed by atoms with Crippen molar-refractivity contribution >= 4 is 28.9 Å². The first-order chi connectivity index (χ1) is 10.2. The molecule has 0 bridgehead atoms. The molecule has 21 heavy (non-hydrogen) atoms. The highest BCUT2D eigenvalue weighted by atomic mass is 32.2. The zero-order valence-electron chi connectivity index (χ0n) is 11.1. The van der Waals surface area contributed by atoms with Gasteiger partial charge in [-0.15, -0.1) is 11.3 Å². The van der Waals surface area contributed by atoms with Crippen LogP contribution in [-0.2, 0) is 12.2 Å². The van der Waals surface area contributed by atoms with E-state index < -0.39 is 11.7 Å². The number of Topliss-reactive ketones (excluding diaryl/α,β-unsaturated/α-hetero) is 1. The number of ketones is 1. The fourth-order valence-electron chi connectivity index (χ4n) is 2.39. The van der Waals surface area contributed by atoms with Crippen molar-refractivity contribution in [2.24, 2.45) is 0 Å². The molecular formula is C16H12FNOS2. The van der Waals surface area contributed by atoms with Gasteiger partial charge in [-0.2, -0.15) is 17.0 Å². The Labute approximate surface area is 130 Å². The van der Waals surface area contributed by atoms with E-state index in [1.54, 1.807) is 12.1 Å². The van der Waals surface area contributed by atoms with Crippen LogP contribution in [0.15, 0.2) is 30.3 Å². The van der Waals surface area contributed by atoms with Gasteiger partial charge in [0.05, 0.1) is 10.9 Å². The molecule has 0 saturated heterocycles. The van der Waals surface area contributed by atoms with Crippen LogP contribution in [0.1, 0.15) is 31.6 Å². The average molecular weight is 317 g/mol. The maximum Gasteiger partial charge on any atom is 0.194 e. The quantitative estimate of drug-likeness (QED) is 0.798. The third-order valence-electron chi connectivity index (χ3n) is 3.48. The summed E-state index contributed by atoms with van der Waals surface area (Å²) in [6.07, 6.45) is 0.967. The van der Waals surface area contributed by atoms with Crippen LogP contribution in [0, 0.1) is 17.1 Å². The van der Waals surface area contributed by atoms with Crippen LogP contribution in [-0.4, -0.2) is 11.5 Å². The molecule has 1 aromatic carbocycles. The monoisotopic (exact) mass is 317 g/mol. The fourth-order valence-corrected chi connectivity index (χ4v) is 4.73. The molecule has 0 saturated carbocycles. The van der Waals surface area contributed by atoms with Gasteiger partial charge in [-0.25, -0.2) is 4.39 Å². The van der Waals surface area contributed by atoms with Gasteiger partial charge in [0.1, 0.15) is 11.7 Å². The molecular weight excluding hydrogens is 305 g/mol. The molecule has 0 aliphatic carbocycles. The predicted octanol–water partition coefficient (Wildman–Crippen LogP) is 4.17. The Hall–Kier alpha value is -1.64. The van der Waals surface area contributed by atoms with E-state index >= 15 is 0 Å².